The van der Waals surface area contributed by atoms with Crippen LogP contribution in [-0.2, 0) is 0 Å². The monoisotopic (exact) mass is 311 g/mol. The fourth-order valence-electron chi connectivity index (χ4n) is 2.50. The summed E-state index contributed by atoms with van der Waals surface area (Å²) in [5, 5.41) is 11.4. The van der Waals surface area contributed by atoms with E-state index in [4.69, 9.17) is 0 Å². The highest BCUT2D eigenvalue weighted by Crippen LogP contribution is 2.29. The van der Waals surface area contributed by atoms with Gasteiger partial charge in [0.05, 0.1) is 4.92 Å². The van der Waals surface area contributed by atoms with Crippen LogP contribution >= 0.6 is 11.3 Å². The molecule has 0 unspecified atom stereocenters. The van der Waals surface area contributed by atoms with E-state index in [1.165, 1.54) is 12.1 Å². The minimum atomic E-state index is -0.444. The molecule has 110 valence electrons. The van der Waals surface area contributed by atoms with E-state index in [0.29, 0.717) is 16.5 Å². The Morgan fingerprint density at radius 3 is 2.36 bits per heavy atom. The summed E-state index contributed by atoms with van der Waals surface area (Å²) < 4.78 is 0.966. The number of benzene rings is 2. The molecular formula is C17H13NO3S. The average Bonchev–Trinajstić information content (AvgIpc) is 2.47. The molecule has 0 radical (unpaired) electrons. The Morgan fingerprint density at radius 1 is 1.05 bits per heavy atom. The molecule has 0 aliphatic heterocycles. The van der Waals surface area contributed by atoms with Crippen molar-refractivity contribution in [2.45, 2.75) is 13.8 Å². The van der Waals surface area contributed by atoms with Crippen molar-refractivity contribution in [3.63, 3.8) is 0 Å². The lowest BCUT2D eigenvalue weighted by Gasteiger charge is -2.07. The fourth-order valence-corrected chi connectivity index (χ4v) is 3.65. The molecule has 0 atom stereocenters. The normalized spacial score (nSPS) is 10.8. The molecule has 0 fully saturated rings. The fraction of sp³-hybridized carbons (Fsp3) is 0.118. The van der Waals surface area contributed by atoms with Crippen LogP contribution in [0.5, 0.6) is 0 Å². The molecule has 1 heterocycles. The van der Waals surface area contributed by atoms with Crippen LogP contribution in [0.25, 0.3) is 21.2 Å². The van der Waals surface area contributed by atoms with Gasteiger partial charge in [-0.15, -0.1) is 11.3 Å². The summed E-state index contributed by atoms with van der Waals surface area (Å²) in [7, 11) is 0. The van der Waals surface area contributed by atoms with Crippen molar-refractivity contribution in [1.82, 2.24) is 0 Å². The third-order valence-electron chi connectivity index (χ3n) is 3.59. The van der Waals surface area contributed by atoms with E-state index in [2.05, 4.69) is 0 Å². The molecular weight excluding hydrogens is 298 g/mol. The first-order valence-corrected chi connectivity index (χ1v) is 7.58. The van der Waals surface area contributed by atoms with Gasteiger partial charge in [0.1, 0.15) is 0 Å². The van der Waals surface area contributed by atoms with Gasteiger partial charge in [-0.25, -0.2) is 0 Å². The van der Waals surface area contributed by atoms with Crippen LogP contribution < -0.4 is 5.43 Å². The number of fused-ring (bicyclic) bond motifs is 1. The third kappa shape index (κ3) is 2.40. The number of hydrogen-bond donors (Lipinski definition) is 0. The molecule has 0 amide bonds. The van der Waals surface area contributed by atoms with Crippen LogP contribution in [0.1, 0.15) is 10.4 Å². The van der Waals surface area contributed by atoms with E-state index < -0.39 is 4.92 Å². The molecule has 2 aromatic carbocycles. The molecule has 1 aromatic heterocycles. The number of nitro groups is 1. The molecule has 3 rings (SSSR count). The molecule has 0 bridgehead atoms. The lowest BCUT2D eigenvalue weighted by Crippen LogP contribution is -2.06. The predicted octanol–water partition coefficient (Wildman–Crippen LogP) is 4.45. The minimum absolute atomic E-state index is 0.0222. The summed E-state index contributed by atoms with van der Waals surface area (Å²) in [5.41, 5.74) is 2.45. The largest absolute Gasteiger partial charge is 0.288 e. The van der Waals surface area contributed by atoms with E-state index in [1.54, 1.807) is 23.5 Å². The standard InChI is InChI=1S/C17H13NO3S/c1-10-3-8-14-15(9-10)22-11(2)16(17(14)19)12-4-6-13(7-5-12)18(20)21/h3-9H,1-2H3. The zero-order valence-electron chi connectivity index (χ0n) is 12.1. The number of aryl methyl sites for hydroxylation is 2. The summed E-state index contributed by atoms with van der Waals surface area (Å²) in [5.74, 6) is 0. The van der Waals surface area contributed by atoms with Crippen molar-refractivity contribution in [3.8, 4) is 11.1 Å². The molecule has 0 aliphatic rings. The number of rotatable bonds is 2. The van der Waals surface area contributed by atoms with E-state index in [9.17, 15) is 14.9 Å². The maximum Gasteiger partial charge on any atom is 0.269 e. The number of non-ortho nitro benzene ring substituents is 1. The molecule has 0 saturated carbocycles. The Labute approximate surface area is 130 Å². The van der Waals surface area contributed by atoms with Crippen molar-refractivity contribution >= 4 is 27.1 Å². The Bertz CT molecular complexity index is 943. The summed E-state index contributed by atoms with van der Waals surface area (Å²) in [4.78, 5) is 24.0. The van der Waals surface area contributed by atoms with Crippen LogP contribution in [0.4, 0.5) is 5.69 Å². The first-order chi connectivity index (χ1) is 10.5. The molecule has 0 N–H and O–H groups in total. The second-order valence-corrected chi connectivity index (χ2v) is 6.42. The van der Waals surface area contributed by atoms with Gasteiger partial charge in [0.2, 0.25) is 0 Å². The number of nitrogens with zero attached hydrogens (tertiary/aromatic N) is 1. The van der Waals surface area contributed by atoms with Crippen molar-refractivity contribution in [3.05, 3.63) is 73.2 Å². The van der Waals surface area contributed by atoms with Gasteiger partial charge >= 0.3 is 0 Å². The van der Waals surface area contributed by atoms with E-state index in [-0.39, 0.29) is 11.1 Å². The zero-order chi connectivity index (χ0) is 15.9. The Balaban J connectivity index is 2.24. The lowest BCUT2D eigenvalue weighted by atomic mass is 10.0. The van der Waals surface area contributed by atoms with Gasteiger partial charge in [0, 0.05) is 32.7 Å². The average molecular weight is 311 g/mol. The highest BCUT2D eigenvalue weighted by molar-refractivity contribution is 7.18. The summed E-state index contributed by atoms with van der Waals surface area (Å²) in [6.45, 7) is 3.90. The van der Waals surface area contributed by atoms with E-state index in [0.717, 1.165) is 15.1 Å². The summed E-state index contributed by atoms with van der Waals surface area (Å²) >= 11 is 1.57. The maximum atomic E-state index is 12.8. The van der Waals surface area contributed by atoms with Gasteiger partial charge in [-0.3, -0.25) is 14.9 Å². The first kappa shape index (κ1) is 14.4. The zero-order valence-corrected chi connectivity index (χ0v) is 12.9. The van der Waals surface area contributed by atoms with Crippen LogP contribution in [0.3, 0.4) is 0 Å². The molecule has 5 heteroatoms. The molecule has 4 nitrogen and oxygen atoms in total. The predicted molar refractivity (Wildman–Crippen MR) is 89.7 cm³/mol. The van der Waals surface area contributed by atoms with Crippen molar-refractivity contribution in [1.29, 1.82) is 0 Å². The van der Waals surface area contributed by atoms with Crippen molar-refractivity contribution in [2.24, 2.45) is 0 Å². The maximum absolute atomic E-state index is 12.8. The van der Waals surface area contributed by atoms with Crippen LogP contribution in [-0.4, -0.2) is 4.92 Å². The second kappa shape index (κ2) is 5.35. The molecule has 0 saturated heterocycles. The Kier molecular flexibility index (Phi) is 3.50. The summed E-state index contributed by atoms with van der Waals surface area (Å²) in [6, 6.07) is 11.9. The second-order valence-electron chi connectivity index (χ2n) is 5.17. The SMILES string of the molecule is Cc1ccc2c(=O)c(-c3ccc([N+](=O)[O-])cc3)c(C)sc2c1. The van der Waals surface area contributed by atoms with Gasteiger partial charge in [0.15, 0.2) is 5.43 Å². The van der Waals surface area contributed by atoms with Crippen LogP contribution in [0.15, 0.2) is 47.3 Å². The molecule has 22 heavy (non-hydrogen) atoms. The van der Waals surface area contributed by atoms with Gasteiger partial charge in [-0.05, 0) is 49.2 Å². The highest BCUT2D eigenvalue weighted by atomic mass is 32.1. The van der Waals surface area contributed by atoms with E-state index in [1.807, 2.05) is 32.0 Å². The van der Waals surface area contributed by atoms with Crippen LogP contribution in [0.2, 0.25) is 0 Å². The smallest absolute Gasteiger partial charge is 0.269 e. The molecule has 0 spiro atoms. The Morgan fingerprint density at radius 2 is 1.73 bits per heavy atom. The third-order valence-corrected chi connectivity index (χ3v) is 4.66. The number of nitro benzene ring substituents is 1. The minimum Gasteiger partial charge on any atom is -0.288 e. The van der Waals surface area contributed by atoms with Crippen molar-refractivity contribution in [2.75, 3.05) is 0 Å². The van der Waals surface area contributed by atoms with Gasteiger partial charge < -0.3 is 0 Å². The summed E-state index contributed by atoms with van der Waals surface area (Å²) in [6.07, 6.45) is 0. The van der Waals surface area contributed by atoms with Gasteiger partial charge in [-0.1, -0.05) is 6.07 Å². The highest BCUT2D eigenvalue weighted by Gasteiger charge is 2.13. The van der Waals surface area contributed by atoms with Crippen molar-refractivity contribution < 1.29 is 4.92 Å². The molecule has 3 aromatic rings. The number of hydrogen-bond acceptors (Lipinski definition) is 4. The first-order valence-electron chi connectivity index (χ1n) is 6.76. The topological polar surface area (TPSA) is 60.2 Å². The van der Waals surface area contributed by atoms with Gasteiger partial charge in [0.25, 0.3) is 5.69 Å². The van der Waals surface area contributed by atoms with Gasteiger partial charge in [-0.2, -0.15) is 0 Å². The van der Waals surface area contributed by atoms with Crippen LogP contribution in [0, 0.1) is 24.0 Å². The Hall–Kier alpha value is -2.53. The lowest BCUT2D eigenvalue weighted by molar-refractivity contribution is -0.384. The van der Waals surface area contributed by atoms with E-state index >= 15 is 0 Å². The quantitative estimate of drug-likeness (QED) is 0.519. The molecule has 0 aliphatic carbocycles.